The van der Waals surface area contributed by atoms with Crippen LogP contribution in [0.25, 0.3) is 0 Å². The van der Waals surface area contributed by atoms with Crippen LogP contribution in [0.15, 0.2) is 40.9 Å². The highest BCUT2D eigenvalue weighted by Crippen LogP contribution is 2.28. The van der Waals surface area contributed by atoms with Gasteiger partial charge in [0.05, 0.1) is 24.2 Å². The van der Waals surface area contributed by atoms with Crippen molar-refractivity contribution < 1.29 is 19.1 Å². The Hall–Kier alpha value is -2.18. The van der Waals surface area contributed by atoms with Crippen LogP contribution in [0.4, 0.5) is 5.69 Å². The van der Waals surface area contributed by atoms with Crippen LogP contribution in [0.5, 0.6) is 0 Å². The molecule has 2 aromatic rings. The molecule has 26 heavy (non-hydrogen) atoms. The number of halogens is 2. The molecule has 0 heterocycles. The van der Waals surface area contributed by atoms with Crippen LogP contribution in [0.2, 0.25) is 5.02 Å². The predicted octanol–water partition coefficient (Wildman–Crippen LogP) is 4.20. The van der Waals surface area contributed by atoms with E-state index in [1.54, 1.807) is 6.07 Å². The topological polar surface area (TPSA) is 72.5 Å². The number of hydrogen-bond acceptors (Lipinski definition) is 4. The molecule has 0 saturated carbocycles. The molecular formula is C19H17BrClNO4. The van der Waals surface area contributed by atoms with E-state index in [-0.39, 0.29) is 24.7 Å². The van der Waals surface area contributed by atoms with Crippen molar-refractivity contribution in [3.05, 3.63) is 62.6 Å². The summed E-state index contributed by atoms with van der Waals surface area (Å²) in [6.07, 6.45) is 1.62. The molecule has 5 nitrogen and oxygen atoms in total. The molecule has 0 aliphatic rings. The summed E-state index contributed by atoms with van der Waals surface area (Å²) >= 11 is 9.27. The second kappa shape index (κ2) is 9.50. The highest BCUT2D eigenvalue weighted by atomic mass is 79.9. The van der Waals surface area contributed by atoms with Gasteiger partial charge in [0, 0.05) is 16.5 Å². The number of benzene rings is 2. The summed E-state index contributed by atoms with van der Waals surface area (Å²) < 4.78 is 5.21. The molecule has 0 radical (unpaired) electrons. The van der Waals surface area contributed by atoms with Crippen molar-refractivity contribution >= 4 is 51.4 Å². The monoisotopic (exact) mass is 437 g/mol. The number of carbonyl (C=O) groups is 3. The molecule has 1 N–H and O–H groups in total. The van der Waals surface area contributed by atoms with Gasteiger partial charge in [0.15, 0.2) is 6.29 Å². The minimum absolute atomic E-state index is 0.137. The molecule has 0 aromatic heterocycles. The maximum Gasteiger partial charge on any atom is 0.305 e. The first-order valence-corrected chi connectivity index (χ1v) is 8.98. The zero-order chi connectivity index (χ0) is 19.1. The normalized spacial score (nSPS) is 10.3. The zero-order valence-corrected chi connectivity index (χ0v) is 16.4. The average Bonchev–Trinajstić information content (AvgIpc) is 2.62. The van der Waals surface area contributed by atoms with E-state index in [2.05, 4.69) is 26.0 Å². The van der Waals surface area contributed by atoms with E-state index in [0.29, 0.717) is 33.5 Å². The number of ether oxygens (including phenoxy) is 1. The van der Waals surface area contributed by atoms with Crippen LogP contribution >= 0.6 is 27.5 Å². The number of esters is 1. The van der Waals surface area contributed by atoms with Crippen molar-refractivity contribution in [2.24, 2.45) is 0 Å². The SMILES string of the molecule is COC(=O)CCc1cccc(CC(=O)Nc2cc(Cl)c(Br)cc2C=O)c1. The van der Waals surface area contributed by atoms with Crippen LogP contribution < -0.4 is 5.32 Å². The molecule has 2 rings (SSSR count). The van der Waals surface area contributed by atoms with Gasteiger partial charge in [-0.25, -0.2) is 0 Å². The Morgan fingerprint density at radius 2 is 1.96 bits per heavy atom. The number of aryl methyl sites for hydroxylation is 1. The van der Waals surface area contributed by atoms with Crippen molar-refractivity contribution in [3.8, 4) is 0 Å². The van der Waals surface area contributed by atoms with E-state index in [1.807, 2.05) is 24.3 Å². The summed E-state index contributed by atoms with van der Waals surface area (Å²) in [5.74, 6) is -0.543. The largest absolute Gasteiger partial charge is 0.469 e. The number of nitrogens with one attached hydrogen (secondary N) is 1. The van der Waals surface area contributed by atoms with Gasteiger partial charge in [0.2, 0.25) is 5.91 Å². The molecule has 1 amide bonds. The molecule has 2 aromatic carbocycles. The van der Waals surface area contributed by atoms with Crippen LogP contribution in [0.3, 0.4) is 0 Å². The lowest BCUT2D eigenvalue weighted by molar-refractivity contribution is -0.140. The Labute approximate surface area is 164 Å². The van der Waals surface area contributed by atoms with Gasteiger partial charge in [-0.1, -0.05) is 35.9 Å². The predicted molar refractivity (Wildman–Crippen MR) is 104 cm³/mol. The Morgan fingerprint density at radius 1 is 1.23 bits per heavy atom. The minimum Gasteiger partial charge on any atom is -0.469 e. The Balaban J connectivity index is 2.05. The van der Waals surface area contributed by atoms with Crippen LogP contribution in [0, 0.1) is 0 Å². The molecule has 0 atom stereocenters. The molecule has 0 aliphatic carbocycles. The first-order chi connectivity index (χ1) is 12.4. The summed E-state index contributed by atoms with van der Waals surface area (Å²) in [6, 6.07) is 10.5. The molecule has 0 bridgehead atoms. The molecule has 0 fully saturated rings. The van der Waals surface area contributed by atoms with E-state index in [4.69, 9.17) is 11.6 Å². The Kier molecular flexibility index (Phi) is 7.36. The standard InChI is InChI=1S/C19H17BrClNO4/c1-26-19(25)6-5-12-3-2-4-13(7-12)8-18(24)22-17-10-16(21)15(20)9-14(17)11-23/h2-4,7,9-11H,5-6,8H2,1H3,(H,22,24). The minimum atomic E-state index is -0.276. The lowest BCUT2D eigenvalue weighted by atomic mass is 10.0. The Morgan fingerprint density at radius 3 is 2.65 bits per heavy atom. The summed E-state index contributed by atoms with van der Waals surface area (Å²) in [6.45, 7) is 0. The van der Waals surface area contributed by atoms with Gasteiger partial charge in [0.25, 0.3) is 0 Å². The first-order valence-electron chi connectivity index (χ1n) is 7.81. The van der Waals surface area contributed by atoms with Gasteiger partial charge in [-0.05, 0) is 45.6 Å². The quantitative estimate of drug-likeness (QED) is 0.519. The van der Waals surface area contributed by atoms with Crippen molar-refractivity contribution in [1.29, 1.82) is 0 Å². The second-order valence-corrected chi connectivity index (χ2v) is 6.85. The number of amides is 1. The third-order valence-corrected chi connectivity index (χ3v) is 4.89. The van der Waals surface area contributed by atoms with Gasteiger partial charge in [-0.2, -0.15) is 0 Å². The fourth-order valence-corrected chi connectivity index (χ4v) is 2.92. The summed E-state index contributed by atoms with van der Waals surface area (Å²) in [4.78, 5) is 34.7. The second-order valence-electron chi connectivity index (χ2n) is 5.59. The highest BCUT2D eigenvalue weighted by molar-refractivity contribution is 9.10. The van der Waals surface area contributed by atoms with Crippen LogP contribution in [0.1, 0.15) is 27.9 Å². The number of methoxy groups -OCH3 is 1. The van der Waals surface area contributed by atoms with Crippen molar-refractivity contribution in [2.75, 3.05) is 12.4 Å². The highest BCUT2D eigenvalue weighted by Gasteiger charge is 2.11. The summed E-state index contributed by atoms with van der Waals surface area (Å²) in [5, 5.41) is 3.11. The fraction of sp³-hybridized carbons (Fsp3) is 0.211. The molecule has 0 unspecified atom stereocenters. The first kappa shape index (κ1) is 20.1. The smallest absolute Gasteiger partial charge is 0.305 e. The van der Waals surface area contributed by atoms with Crippen LogP contribution in [-0.4, -0.2) is 25.3 Å². The van der Waals surface area contributed by atoms with Gasteiger partial charge >= 0.3 is 5.97 Å². The van der Waals surface area contributed by atoms with Gasteiger partial charge in [-0.15, -0.1) is 0 Å². The molecular weight excluding hydrogens is 422 g/mol. The maximum absolute atomic E-state index is 12.3. The van der Waals surface area contributed by atoms with Crippen molar-refractivity contribution in [3.63, 3.8) is 0 Å². The number of anilines is 1. The fourth-order valence-electron chi connectivity index (χ4n) is 2.39. The summed E-state index contributed by atoms with van der Waals surface area (Å²) in [7, 11) is 1.35. The van der Waals surface area contributed by atoms with E-state index in [1.165, 1.54) is 13.2 Å². The number of aldehydes is 1. The molecule has 0 aliphatic heterocycles. The van der Waals surface area contributed by atoms with E-state index < -0.39 is 0 Å². The lowest BCUT2D eigenvalue weighted by Gasteiger charge is -2.10. The third-order valence-electron chi connectivity index (χ3n) is 3.70. The van der Waals surface area contributed by atoms with Crippen molar-refractivity contribution in [2.45, 2.75) is 19.3 Å². The van der Waals surface area contributed by atoms with E-state index in [0.717, 1.165) is 11.1 Å². The number of hydrogen-bond donors (Lipinski definition) is 1. The van der Waals surface area contributed by atoms with Gasteiger partial charge in [0.1, 0.15) is 0 Å². The number of rotatable bonds is 7. The van der Waals surface area contributed by atoms with E-state index in [9.17, 15) is 14.4 Å². The van der Waals surface area contributed by atoms with Crippen molar-refractivity contribution in [1.82, 2.24) is 0 Å². The average molecular weight is 439 g/mol. The third kappa shape index (κ3) is 5.68. The molecule has 136 valence electrons. The molecule has 0 saturated heterocycles. The molecule has 7 heteroatoms. The van der Waals surface area contributed by atoms with Gasteiger partial charge < -0.3 is 10.1 Å². The zero-order valence-electron chi connectivity index (χ0n) is 14.1. The summed E-state index contributed by atoms with van der Waals surface area (Å²) in [5.41, 5.74) is 2.45. The Bertz CT molecular complexity index is 838. The van der Waals surface area contributed by atoms with Gasteiger partial charge in [-0.3, -0.25) is 14.4 Å². The lowest BCUT2D eigenvalue weighted by Crippen LogP contribution is -2.15. The molecule has 0 spiro atoms. The van der Waals surface area contributed by atoms with Crippen LogP contribution in [-0.2, 0) is 27.2 Å². The van der Waals surface area contributed by atoms with E-state index >= 15 is 0 Å². The number of carbonyl (C=O) groups excluding carboxylic acids is 3. The maximum atomic E-state index is 12.3.